The number of aromatic carboxylic acids is 1. The molecule has 1 aromatic heterocycles. The maximum absolute atomic E-state index is 11.9. The molecule has 1 heterocycles. The molecule has 0 atom stereocenters. The minimum Gasteiger partial charge on any atom is -0.476 e. The van der Waals surface area contributed by atoms with E-state index in [4.69, 9.17) is 10.8 Å². The van der Waals surface area contributed by atoms with Gasteiger partial charge in [-0.1, -0.05) is 5.21 Å². The number of rotatable bonds is 5. The van der Waals surface area contributed by atoms with Crippen LogP contribution in [-0.2, 0) is 17.9 Å². The molecule has 0 saturated carbocycles. The molecule has 11 heteroatoms. The molecule has 8 nitrogen and oxygen atoms in total. The van der Waals surface area contributed by atoms with Crippen LogP contribution >= 0.6 is 0 Å². The van der Waals surface area contributed by atoms with Crippen LogP contribution in [0.25, 0.3) is 0 Å². The predicted molar refractivity (Wildman–Crippen MR) is 53.9 cm³/mol. The molecule has 0 radical (unpaired) electrons. The maximum atomic E-state index is 11.9. The number of halogens is 3. The van der Waals surface area contributed by atoms with Crippen molar-refractivity contribution in [2.75, 3.05) is 6.54 Å². The van der Waals surface area contributed by atoms with Crippen molar-refractivity contribution >= 4 is 11.9 Å². The molecular formula is C8H10F3N5O3. The van der Waals surface area contributed by atoms with Crippen molar-refractivity contribution in [3.63, 3.8) is 0 Å². The topological polar surface area (TPSA) is 123 Å². The summed E-state index contributed by atoms with van der Waals surface area (Å²) in [5.41, 5.74) is 4.79. The van der Waals surface area contributed by atoms with Gasteiger partial charge in [0.05, 0.1) is 5.69 Å². The summed E-state index contributed by atoms with van der Waals surface area (Å²) in [4.78, 5) is 21.9. The largest absolute Gasteiger partial charge is 0.476 e. The third-order valence-electron chi connectivity index (χ3n) is 2.01. The molecule has 1 aromatic rings. The standard InChI is InChI=1S/C8H10F3N5O3/c9-8(10,11)3-13-5(17)2-16-4(1-12)6(7(18)19)14-15-16/h1-3,12H2,(H,13,17)(H,18,19). The van der Waals surface area contributed by atoms with E-state index in [1.807, 2.05) is 0 Å². The van der Waals surface area contributed by atoms with Gasteiger partial charge < -0.3 is 16.2 Å². The molecule has 0 bridgehead atoms. The van der Waals surface area contributed by atoms with Crippen molar-refractivity contribution in [2.24, 2.45) is 5.73 Å². The molecule has 0 fully saturated rings. The number of carbonyl (C=O) groups is 2. The first-order valence-corrected chi connectivity index (χ1v) is 4.93. The minimum absolute atomic E-state index is 0.0466. The Balaban J connectivity index is 2.72. The van der Waals surface area contributed by atoms with Crippen molar-refractivity contribution in [1.82, 2.24) is 20.3 Å². The lowest BCUT2D eigenvalue weighted by atomic mass is 10.3. The van der Waals surface area contributed by atoms with E-state index >= 15 is 0 Å². The van der Waals surface area contributed by atoms with Gasteiger partial charge >= 0.3 is 12.1 Å². The highest BCUT2D eigenvalue weighted by molar-refractivity contribution is 5.86. The summed E-state index contributed by atoms with van der Waals surface area (Å²) in [6, 6.07) is 0. The van der Waals surface area contributed by atoms with Crippen LogP contribution in [-0.4, -0.2) is 44.7 Å². The predicted octanol–water partition coefficient (Wildman–Crippen LogP) is -0.887. The highest BCUT2D eigenvalue weighted by Gasteiger charge is 2.28. The van der Waals surface area contributed by atoms with Gasteiger partial charge in [-0.25, -0.2) is 9.48 Å². The summed E-state index contributed by atoms with van der Waals surface area (Å²) in [7, 11) is 0. The number of nitrogens with one attached hydrogen (secondary N) is 1. The first-order chi connectivity index (χ1) is 8.74. The summed E-state index contributed by atoms with van der Waals surface area (Å²) in [6.45, 7) is -2.34. The zero-order valence-corrected chi connectivity index (χ0v) is 9.44. The highest BCUT2D eigenvalue weighted by Crippen LogP contribution is 2.12. The van der Waals surface area contributed by atoms with Gasteiger partial charge in [0.15, 0.2) is 5.69 Å². The maximum Gasteiger partial charge on any atom is 0.405 e. The third-order valence-corrected chi connectivity index (χ3v) is 2.01. The van der Waals surface area contributed by atoms with E-state index in [2.05, 4.69) is 10.3 Å². The number of hydrogen-bond donors (Lipinski definition) is 3. The summed E-state index contributed by atoms with van der Waals surface area (Å²) in [5, 5.41) is 17.0. The molecule has 0 aliphatic heterocycles. The summed E-state index contributed by atoms with van der Waals surface area (Å²) < 4.78 is 36.4. The van der Waals surface area contributed by atoms with Crippen LogP contribution in [0, 0.1) is 0 Å². The first kappa shape index (κ1) is 14.9. The Morgan fingerprint density at radius 1 is 1.42 bits per heavy atom. The monoisotopic (exact) mass is 281 g/mol. The lowest BCUT2D eigenvalue weighted by molar-refractivity contribution is -0.138. The number of amides is 1. The zero-order chi connectivity index (χ0) is 14.6. The number of carbonyl (C=O) groups excluding carboxylic acids is 1. The van der Waals surface area contributed by atoms with E-state index in [9.17, 15) is 22.8 Å². The van der Waals surface area contributed by atoms with Crippen molar-refractivity contribution in [1.29, 1.82) is 0 Å². The van der Waals surface area contributed by atoms with Crippen LogP contribution in [0.1, 0.15) is 16.2 Å². The number of nitrogens with two attached hydrogens (primary N) is 1. The number of alkyl halides is 3. The average Bonchev–Trinajstić information content (AvgIpc) is 2.68. The Hall–Kier alpha value is -2.17. The Kier molecular flexibility index (Phi) is 4.43. The van der Waals surface area contributed by atoms with Crippen LogP contribution in [0.3, 0.4) is 0 Å². The molecule has 0 aliphatic carbocycles. The second kappa shape index (κ2) is 5.65. The molecule has 0 aliphatic rings. The van der Waals surface area contributed by atoms with E-state index in [0.717, 1.165) is 4.68 Å². The molecule has 0 aromatic carbocycles. The van der Waals surface area contributed by atoms with Gasteiger partial charge in [-0.15, -0.1) is 5.10 Å². The number of aromatic nitrogens is 3. The minimum atomic E-state index is -4.53. The lowest BCUT2D eigenvalue weighted by Gasteiger charge is -2.09. The van der Waals surface area contributed by atoms with Gasteiger partial charge in [0, 0.05) is 6.54 Å². The fourth-order valence-corrected chi connectivity index (χ4v) is 1.22. The van der Waals surface area contributed by atoms with Crippen LogP contribution in [0.5, 0.6) is 0 Å². The van der Waals surface area contributed by atoms with Gasteiger partial charge in [-0.05, 0) is 0 Å². The van der Waals surface area contributed by atoms with Crippen molar-refractivity contribution in [3.05, 3.63) is 11.4 Å². The fraction of sp³-hybridized carbons (Fsp3) is 0.500. The average molecular weight is 281 g/mol. The second-order valence-corrected chi connectivity index (χ2v) is 3.44. The summed E-state index contributed by atoms with van der Waals surface area (Å²) in [6.07, 6.45) is -4.53. The van der Waals surface area contributed by atoms with E-state index in [-0.39, 0.29) is 12.2 Å². The molecule has 0 spiro atoms. The van der Waals surface area contributed by atoms with Crippen LogP contribution < -0.4 is 11.1 Å². The van der Waals surface area contributed by atoms with E-state index in [0.29, 0.717) is 0 Å². The summed E-state index contributed by atoms with van der Waals surface area (Å²) >= 11 is 0. The van der Waals surface area contributed by atoms with Crippen LogP contribution in [0.15, 0.2) is 0 Å². The van der Waals surface area contributed by atoms with Crippen LogP contribution in [0.2, 0.25) is 0 Å². The first-order valence-electron chi connectivity index (χ1n) is 4.93. The summed E-state index contributed by atoms with van der Waals surface area (Å²) in [5.74, 6) is -2.36. The van der Waals surface area contributed by atoms with Crippen molar-refractivity contribution in [2.45, 2.75) is 19.3 Å². The number of hydrogen-bond acceptors (Lipinski definition) is 5. The molecule has 0 saturated heterocycles. The smallest absolute Gasteiger partial charge is 0.405 e. The highest BCUT2D eigenvalue weighted by atomic mass is 19.4. The lowest BCUT2D eigenvalue weighted by Crippen LogP contribution is -2.36. The quantitative estimate of drug-likeness (QED) is 0.643. The molecule has 1 rings (SSSR count). The molecular weight excluding hydrogens is 271 g/mol. The third kappa shape index (κ3) is 4.21. The number of nitrogens with zero attached hydrogens (tertiary/aromatic N) is 3. The van der Waals surface area contributed by atoms with Gasteiger partial charge in [0.1, 0.15) is 13.1 Å². The Labute approximate surface area is 104 Å². The van der Waals surface area contributed by atoms with Crippen molar-refractivity contribution < 1.29 is 27.9 Å². The number of carboxylic acid groups (broad SMARTS) is 1. The zero-order valence-electron chi connectivity index (χ0n) is 9.44. The molecule has 1 amide bonds. The molecule has 106 valence electrons. The van der Waals surface area contributed by atoms with E-state index < -0.39 is 36.8 Å². The van der Waals surface area contributed by atoms with Gasteiger partial charge in [-0.3, -0.25) is 4.79 Å². The Morgan fingerprint density at radius 2 is 2.05 bits per heavy atom. The fourth-order valence-electron chi connectivity index (χ4n) is 1.22. The Bertz CT molecular complexity index is 484. The van der Waals surface area contributed by atoms with Crippen molar-refractivity contribution in [3.8, 4) is 0 Å². The van der Waals surface area contributed by atoms with Gasteiger partial charge in [0.25, 0.3) is 0 Å². The van der Waals surface area contributed by atoms with Gasteiger partial charge in [-0.2, -0.15) is 13.2 Å². The molecule has 19 heavy (non-hydrogen) atoms. The second-order valence-electron chi connectivity index (χ2n) is 3.44. The van der Waals surface area contributed by atoms with Crippen LogP contribution in [0.4, 0.5) is 13.2 Å². The van der Waals surface area contributed by atoms with Gasteiger partial charge in [0.2, 0.25) is 5.91 Å². The normalized spacial score (nSPS) is 11.4. The molecule has 0 unspecified atom stereocenters. The SMILES string of the molecule is NCc1c(C(=O)O)nnn1CC(=O)NCC(F)(F)F. The molecule has 4 N–H and O–H groups in total. The Morgan fingerprint density at radius 3 is 2.53 bits per heavy atom. The van der Waals surface area contributed by atoms with E-state index in [1.165, 1.54) is 0 Å². The van der Waals surface area contributed by atoms with E-state index in [1.54, 1.807) is 5.32 Å². The number of carboxylic acids is 1.